The SMILES string of the molecule is CC(C(=O)O)[C]12[CH]3[CH]4[CH]5[CH]1[Fe]45321678[CH]2[CH]1[CH]6[CH]7[CH]28. The first-order chi connectivity index (χ1) is 7.40. The predicted molar refractivity (Wildman–Crippen MR) is 53.2 cm³/mol. The molecule has 0 amide bonds. The van der Waals surface area contributed by atoms with Gasteiger partial charge in [-0.05, 0) is 0 Å². The predicted octanol–water partition coefficient (Wildman–Crippen LogP) is 3.47. The van der Waals surface area contributed by atoms with Crippen LogP contribution < -0.4 is 0 Å². The van der Waals surface area contributed by atoms with E-state index in [0.717, 1.165) is 9.63 Å². The van der Waals surface area contributed by atoms with Gasteiger partial charge in [0.2, 0.25) is 0 Å². The van der Waals surface area contributed by atoms with Crippen molar-refractivity contribution in [2.75, 3.05) is 0 Å². The van der Waals surface area contributed by atoms with Gasteiger partial charge in [0.25, 0.3) is 0 Å². The van der Waals surface area contributed by atoms with Crippen LogP contribution in [0.4, 0.5) is 0 Å². The topological polar surface area (TPSA) is 37.3 Å². The van der Waals surface area contributed by atoms with Crippen molar-refractivity contribution in [2.45, 2.75) is 54.6 Å². The first kappa shape index (κ1) is 5.75. The van der Waals surface area contributed by atoms with E-state index in [1.807, 2.05) is 0 Å². The molecule has 5 atom stereocenters. The Morgan fingerprint density at radius 2 is 1.50 bits per heavy atom. The van der Waals surface area contributed by atoms with Gasteiger partial charge in [0, 0.05) is 0 Å². The van der Waals surface area contributed by atoms with Crippen LogP contribution in [0.3, 0.4) is 0 Å². The van der Waals surface area contributed by atoms with Gasteiger partial charge in [-0.2, -0.15) is 0 Å². The molecular weight excluding hydrogens is 244 g/mol. The number of hydrogen-bond acceptors (Lipinski definition) is 1. The van der Waals surface area contributed by atoms with Gasteiger partial charge in [0.05, 0.1) is 0 Å². The van der Waals surface area contributed by atoms with E-state index in [1.54, 1.807) is 0 Å². The molecule has 10 heterocycles. The molecule has 1 spiro atoms. The van der Waals surface area contributed by atoms with Crippen molar-refractivity contribution in [3.63, 3.8) is 0 Å². The van der Waals surface area contributed by atoms with Crippen LogP contribution in [0.25, 0.3) is 0 Å². The fraction of sp³-hybridized carbons (Fsp3) is 0.923. The van der Waals surface area contributed by atoms with Gasteiger partial charge in [0.1, 0.15) is 0 Å². The molecule has 0 aromatic heterocycles. The van der Waals surface area contributed by atoms with Gasteiger partial charge >= 0.3 is 82.9 Å². The zero-order valence-electron chi connectivity index (χ0n) is 8.98. The van der Waals surface area contributed by atoms with Crippen LogP contribution in [0.2, 0.25) is 47.7 Å². The molecule has 0 aromatic carbocycles. The van der Waals surface area contributed by atoms with Crippen LogP contribution in [0, 0.1) is 5.92 Å². The van der Waals surface area contributed by atoms with Gasteiger partial charge < -0.3 is 0 Å². The molecule has 10 saturated heterocycles. The van der Waals surface area contributed by atoms with Crippen molar-refractivity contribution < 1.29 is 16.4 Å². The second-order valence-electron chi connectivity index (χ2n) is 10.8. The monoisotopic (exact) mass is 258 g/mol. The molecule has 2 nitrogen and oxygen atoms in total. The van der Waals surface area contributed by atoms with Crippen molar-refractivity contribution in [1.29, 1.82) is 0 Å². The van der Waals surface area contributed by atoms with E-state index in [1.165, 1.54) is 33.7 Å². The summed E-state index contributed by atoms with van der Waals surface area (Å²) in [7, 11) is 0. The van der Waals surface area contributed by atoms with Crippen molar-refractivity contribution in [3.8, 4) is 0 Å². The molecular formula is C13H14FeO2. The number of rotatable bonds is 2. The van der Waals surface area contributed by atoms with Crippen molar-refractivity contribution in [1.82, 2.24) is 0 Å². The first-order valence-electron chi connectivity index (χ1n) is 6.84. The van der Waals surface area contributed by atoms with E-state index >= 15 is 0 Å². The van der Waals surface area contributed by atoms with Gasteiger partial charge in [0.15, 0.2) is 0 Å². The Labute approximate surface area is 83.1 Å². The third-order valence-corrected chi connectivity index (χ3v) is 58.6. The first-order valence-corrected chi connectivity index (χ1v) is 13.1. The summed E-state index contributed by atoms with van der Waals surface area (Å²) < 4.78 is 0.574. The van der Waals surface area contributed by atoms with E-state index in [9.17, 15) is 9.90 Å². The minimum absolute atomic E-state index is 0.0708. The zero-order chi connectivity index (χ0) is 10.2. The fourth-order valence-electron chi connectivity index (χ4n) is 17.8. The molecule has 10 aliphatic rings. The van der Waals surface area contributed by atoms with Crippen LogP contribution in [0.5, 0.6) is 0 Å². The number of fused-ring (bicyclic) bond motifs is 10. The third-order valence-electron chi connectivity index (χ3n) is 15.8. The zero-order valence-corrected chi connectivity index (χ0v) is 10.1. The summed E-state index contributed by atoms with van der Waals surface area (Å²) in [5.41, 5.74) is 0. The Morgan fingerprint density at radius 3 is 1.69 bits per heavy atom. The average molecular weight is 258 g/mol. The van der Waals surface area contributed by atoms with Crippen molar-refractivity contribution >= 4 is 5.97 Å². The molecule has 5 unspecified atom stereocenters. The number of hydrogen-bond donors (Lipinski definition) is 1. The van der Waals surface area contributed by atoms with E-state index < -0.39 is 12.5 Å². The van der Waals surface area contributed by atoms with Gasteiger partial charge in [-0.25, -0.2) is 0 Å². The van der Waals surface area contributed by atoms with Crippen LogP contribution in [0.15, 0.2) is 0 Å². The number of aliphatic carboxylic acids is 1. The molecule has 86 valence electrons. The maximum absolute atomic E-state index is 11.6. The second kappa shape index (κ2) is 0.416. The standard InChI is InChI=1S/C8H9O2.C5H5.Fe/c1-6(8(9)10)7-4-2-3-5-7;1-2-4-5-3-1;/h2-6H,1H3,(H,9,10);1-5H;. The Balaban J connectivity index is 1.69. The summed E-state index contributed by atoms with van der Waals surface area (Å²) in [4.78, 5) is 22.8. The number of carboxylic acid groups (broad SMARTS) is 1. The summed E-state index contributed by atoms with van der Waals surface area (Å²) in [6.45, 7) is -0.964. The maximum atomic E-state index is 11.6. The molecule has 0 aliphatic carbocycles. The van der Waals surface area contributed by atoms with Gasteiger partial charge in [-0.1, -0.05) is 0 Å². The molecule has 0 aromatic rings. The molecule has 3 heteroatoms. The van der Waals surface area contributed by atoms with Gasteiger partial charge in [-0.3, -0.25) is 0 Å². The van der Waals surface area contributed by atoms with Crippen molar-refractivity contribution in [2.24, 2.45) is 5.92 Å². The Morgan fingerprint density at radius 1 is 1.06 bits per heavy atom. The quantitative estimate of drug-likeness (QED) is 0.770. The molecule has 10 fully saturated rings. The van der Waals surface area contributed by atoms with E-state index in [4.69, 9.17) is 0 Å². The van der Waals surface area contributed by atoms with Crippen LogP contribution >= 0.6 is 0 Å². The third kappa shape index (κ3) is 0.0475. The molecule has 0 bridgehead atoms. The Bertz CT molecular complexity index is 895. The Kier molecular flexibility index (Phi) is 0.150. The molecule has 0 radical (unpaired) electrons. The van der Waals surface area contributed by atoms with Crippen LogP contribution in [-0.2, 0) is 11.3 Å². The van der Waals surface area contributed by atoms with Crippen LogP contribution in [-0.4, -0.2) is 11.1 Å². The van der Waals surface area contributed by atoms with Gasteiger partial charge in [-0.15, -0.1) is 0 Å². The fourth-order valence-corrected chi connectivity index (χ4v) is 93.5. The van der Waals surface area contributed by atoms with E-state index in [-0.39, 0.29) is 5.92 Å². The summed E-state index contributed by atoms with van der Waals surface area (Å²) in [5.74, 6) is -0.366. The molecule has 0 saturated carbocycles. The molecule has 10 rings (SSSR count). The second-order valence-corrected chi connectivity index (χ2v) is 34.4. The Hall–Kier alpha value is -0.0105. The molecule has 1 N–H and O–H groups in total. The van der Waals surface area contributed by atoms with Crippen molar-refractivity contribution in [3.05, 3.63) is 0 Å². The van der Waals surface area contributed by atoms with Crippen LogP contribution in [0.1, 0.15) is 6.92 Å². The summed E-state index contributed by atoms with van der Waals surface area (Å²) in [6.07, 6.45) is 0. The van der Waals surface area contributed by atoms with E-state index in [0.29, 0.717) is 4.31 Å². The summed E-state index contributed by atoms with van der Waals surface area (Å²) in [6, 6.07) is 0. The number of carbonyl (C=O) groups is 1. The molecule has 10 aliphatic heterocycles. The van der Waals surface area contributed by atoms with E-state index in [2.05, 4.69) is 6.92 Å². The summed E-state index contributed by atoms with van der Waals surface area (Å²) in [5, 5.41) is 9.55. The minimum atomic E-state index is -3.06. The average Bonchev–Trinajstić information content (AvgIpc) is 3.20. The normalized spacial score (nSPS) is 128. The number of carboxylic acids is 1. The summed E-state index contributed by atoms with van der Waals surface area (Å²) >= 11 is 0. The molecule has 16 heavy (non-hydrogen) atoms.